The van der Waals surface area contributed by atoms with Crippen LogP contribution in [0.3, 0.4) is 0 Å². The number of hydrogen-bond donors (Lipinski definition) is 1. The van der Waals surface area contributed by atoms with Crippen molar-refractivity contribution in [3.8, 4) is 0 Å². The molecule has 0 bridgehead atoms. The monoisotopic (exact) mass is 221 g/mol. The fourth-order valence-electron chi connectivity index (χ4n) is 1.97. The number of nitrogens with zero attached hydrogens (tertiary/aromatic N) is 1. The number of pyridine rings is 1. The van der Waals surface area contributed by atoms with Crippen LogP contribution in [0.25, 0.3) is 10.1 Å². The minimum absolute atomic E-state index is 0.142. The van der Waals surface area contributed by atoms with Crippen molar-refractivity contribution in [2.24, 2.45) is 0 Å². The molecule has 2 rings (SSSR count). The van der Waals surface area contributed by atoms with Gasteiger partial charge in [-0.3, -0.25) is 4.98 Å². The fourth-order valence-corrected chi connectivity index (χ4v) is 2.76. The number of thiophene rings is 1. The van der Waals surface area contributed by atoms with Crippen LogP contribution >= 0.6 is 11.3 Å². The summed E-state index contributed by atoms with van der Waals surface area (Å²) in [7, 11) is 0. The zero-order valence-electron chi connectivity index (χ0n) is 8.97. The number of aliphatic hydroxyl groups excluding tert-OH is 1. The number of aliphatic hydroxyl groups is 1. The Morgan fingerprint density at radius 1 is 1.47 bits per heavy atom. The lowest BCUT2D eigenvalue weighted by Crippen LogP contribution is -2.15. The maximum Gasteiger partial charge on any atom is 0.0595 e. The average Bonchev–Trinajstić information content (AvgIpc) is 2.66. The van der Waals surface area contributed by atoms with Crippen LogP contribution in [-0.4, -0.2) is 16.2 Å². The smallest absolute Gasteiger partial charge is 0.0595 e. The third kappa shape index (κ3) is 1.90. The quantitative estimate of drug-likeness (QED) is 0.863. The molecule has 0 aliphatic carbocycles. The average molecular weight is 221 g/mol. The van der Waals surface area contributed by atoms with Gasteiger partial charge in [0.15, 0.2) is 0 Å². The molecule has 0 radical (unpaired) electrons. The van der Waals surface area contributed by atoms with Gasteiger partial charge in [0.05, 0.1) is 11.8 Å². The van der Waals surface area contributed by atoms with Crippen LogP contribution in [0, 0.1) is 0 Å². The molecular formula is C12H15NOS. The molecule has 0 amide bonds. The second kappa shape index (κ2) is 4.29. The largest absolute Gasteiger partial charge is 0.393 e. The highest BCUT2D eigenvalue weighted by Gasteiger charge is 2.19. The van der Waals surface area contributed by atoms with Gasteiger partial charge in [0.1, 0.15) is 0 Å². The normalized spacial score (nSPS) is 15.4. The van der Waals surface area contributed by atoms with Crippen LogP contribution in [-0.2, 0) is 0 Å². The zero-order chi connectivity index (χ0) is 10.8. The molecule has 0 spiro atoms. The van der Waals surface area contributed by atoms with Gasteiger partial charge in [-0.05, 0) is 30.9 Å². The molecule has 0 aromatic carbocycles. The van der Waals surface area contributed by atoms with Crippen LogP contribution in [0.15, 0.2) is 23.7 Å². The first-order chi connectivity index (χ1) is 7.24. The molecule has 2 atom stereocenters. The second-order valence-electron chi connectivity index (χ2n) is 3.78. The summed E-state index contributed by atoms with van der Waals surface area (Å²) in [6, 6.07) is 4.12. The lowest BCUT2D eigenvalue weighted by Gasteiger charge is -2.18. The van der Waals surface area contributed by atoms with Crippen molar-refractivity contribution in [3.05, 3.63) is 29.4 Å². The van der Waals surface area contributed by atoms with Gasteiger partial charge in [0.25, 0.3) is 0 Å². The summed E-state index contributed by atoms with van der Waals surface area (Å²) in [5.74, 6) is 0.142. The summed E-state index contributed by atoms with van der Waals surface area (Å²) >= 11 is 1.72. The van der Waals surface area contributed by atoms with Crippen LogP contribution in [0.5, 0.6) is 0 Å². The van der Waals surface area contributed by atoms with E-state index in [1.165, 1.54) is 10.1 Å². The molecule has 1 N–H and O–H groups in total. The highest BCUT2D eigenvalue weighted by atomic mass is 32.1. The molecule has 0 aliphatic rings. The van der Waals surface area contributed by atoms with E-state index in [4.69, 9.17) is 0 Å². The van der Waals surface area contributed by atoms with E-state index in [-0.39, 0.29) is 12.0 Å². The van der Waals surface area contributed by atoms with Crippen molar-refractivity contribution >= 4 is 21.4 Å². The van der Waals surface area contributed by atoms with Gasteiger partial charge in [-0.25, -0.2) is 0 Å². The highest BCUT2D eigenvalue weighted by molar-refractivity contribution is 7.17. The van der Waals surface area contributed by atoms with E-state index in [2.05, 4.69) is 23.4 Å². The Morgan fingerprint density at radius 3 is 2.93 bits per heavy atom. The Kier molecular flexibility index (Phi) is 3.03. The Hall–Kier alpha value is -0.930. The molecule has 0 saturated carbocycles. The summed E-state index contributed by atoms with van der Waals surface area (Å²) in [6.07, 6.45) is 2.41. The molecule has 0 saturated heterocycles. The van der Waals surface area contributed by atoms with Gasteiger partial charge in [-0.15, -0.1) is 11.3 Å². The van der Waals surface area contributed by atoms with Crippen LogP contribution in [0.1, 0.15) is 31.9 Å². The van der Waals surface area contributed by atoms with Gasteiger partial charge in [-0.2, -0.15) is 0 Å². The van der Waals surface area contributed by atoms with E-state index in [0.717, 1.165) is 12.1 Å². The molecule has 0 aliphatic heterocycles. The molecule has 0 fully saturated rings. The maximum absolute atomic E-state index is 9.73. The van der Waals surface area contributed by atoms with Crippen LogP contribution in [0.2, 0.25) is 0 Å². The maximum atomic E-state index is 9.73. The Labute approximate surface area is 93.6 Å². The first kappa shape index (κ1) is 10.6. The number of fused-ring (bicyclic) bond motifs is 1. The first-order valence-electron chi connectivity index (χ1n) is 5.24. The first-order valence-corrected chi connectivity index (χ1v) is 6.12. The van der Waals surface area contributed by atoms with Crippen molar-refractivity contribution in [2.45, 2.75) is 32.3 Å². The van der Waals surface area contributed by atoms with Gasteiger partial charge in [0.2, 0.25) is 0 Å². The Balaban J connectivity index is 2.54. The highest BCUT2D eigenvalue weighted by Crippen LogP contribution is 2.30. The predicted molar refractivity (Wildman–Crippen MR) is 64.3 cm³/mol. The number of hydrogen-bond acceptors (Lipinski definition) is 3. The van der Waals surface area contributed by atoms with E-state index in [0.29, 0.717) is 0 Å². The molecule has 2 aromatic rings. The molecular weight excluding hydrogens is 206 g/mol. The lowest BCUT2D eigenvalue weighted by molar-refractivity contribution is 0.158. The zero-order valence-corrected chi connectivity index (χ0v) is 9.79. The SMILES string of the molecule is CCC(c1nccc2sccc12)C(C)O. The summed E-state index contributed by atoms with van der Waals surface area (Å²) in [4.78, 5) is 4.42. The summed E-state index contributed by atoms with van der Waals surface area (Å²) < 4.78 is 1.25. The lowest BCUT2D eigenvalue weighted by atomic mass is 9.94. The van der Waals surface area contributed by atoms with Gasteiger partial charge >= 0.3 is 0 Å². The van der Waals surface area contributed by atoms with Crippen molar-refractivity contribution in [1.29, 1.82) is 0 Å². The van der Waals surface area contributed by atoms with Crippen molar-refractivity contribution in [1.82, 2.24) is 4.98 Å². The Morgan fingerprint density at radius 2 is 2.27 bits per heavy atom. The number of rotatable bonds is 3. The minimum Gasteiger partial charge on any atom is -0.393 e. The molecule has 15 heavy (non-hydrogen) atoms. The van der Waals surface area contributed by atoms with Gasteiger partial charge < -0.3 is 5.11 Å². The molecule has 2 aromatic heterocycles. The third-order valence-corrected chi connectivity index (χ3v) is 3.67. The van der Waals surface area contributed by atoms with Crippen molar-refractivity contribution in [2.75, 3.05) is 0 Å². The van der Waals surface area contributed by atoms with E-state index < -0.39 is 0 Å². The molecule has 80 valence electrons. The van der Waals surface area contributed by atoms with Gasteiger partial charge in [-0.1, -0.05) is 6.92 Å². The predicted octanol–water partition coefficient (Wildman–Crippen LogP) is 3.17. The summed E-state index contributed by atoms with van der Waals surface area (Å²) in [5, 5.41) is 13.0. The summed E-state index contributed by atoms with van der Waals surface area (Å²) in [5.41, 5.74) is 1.03. The van der Waals surface area contributed by atoms with Gasteiger partial charge in [0, 0.05) is 22.2 Å². The van der Waals surface area contributed by atoms with Crippen LogP contribution in [0.4, 0.5) is 0 Å². The van der Waals surface area contributed by atoms with Crippen molar-refractivity contribution < 1.29 is 5.11 Å². The fraction of sp³-hybridized carbons (Fsp3) is 0.417. The molecule has 2 nitrogen and oxygen atoms in total. The molecule has 2 heterocycles. The summed E-state index contributed by atoms with van der Waals surface area (Å²) in [6.45, 7) is 3.92. The standard InChI is InChI=1S/C12H15NOS/c1-3-9(8(2)14)12-10-5-7-15-11(10)4-6-13-12/h4-9,14H,3H2,1-2H3. The molecule has 3 heteroatoms. The molecule has 2 unspecified atom stereocenters. The Bertz CT molecular complexity index is 450. The van der Waals surface area contributed by atoms with E-state index in [9.17, 15) is 5.11 Å². The third-order valence-electron chi connectivity index (χ3n) is 2.78. The van der Waals surface area contributed by atoms with Crippen LogP contribution < -0.4 is 0 Å². The minimum atomic E-state index is -0.340. The van der Waals surface area contributed by atoms with Crippen molar-refractivity contribution in [3.63, 3.8) is 0 Å². The second-order valence-corrected chi connectivity index (χ2v) is 4.73. The topological polar surface area (TPSA) is 33.1 Å². The number of aromatic nitrogens is 1. The van der Waals surface area contributed by atoms with E-state index in [1.807, 2.05) is 19.2 Å². The van der Waals surface area contributed by atoms with E-state index >= 15 is 0 Å². The van der Waals surface area contributed by atoms with E-state index in [1.54, 1.807) is 11.3 Å².